The average Bonchev–Trinajstić information content (AvgIpc) is 2.65. The van der Waals surface area contributed by atoms with Crippen molar-refractivity contribution in [3.63, 3.8) is 0 Å². The van der Waals surface area contributed by atoms with E-state index in [2.05, 4.69) is 65.5 Å². The molecule has 0 bridgehead atoms. The third-order valence-electron chi connectivity index (χ3n) is 5.09. The third-order valence-corrected chi connectivity index (χ3v) is 5.09. The van der Waals surface area contributed by atoms with Crippen molar-refractivity contribution in [3.8, 4) is 0 Å². The summed E-state index contributed by atoms with van der Waals surface area (Å²) in [4.78, 5) is 7.00. The summed E-state index contributed by atoms with van der Waals surface area (Å²) in [5, 5.41) is 3.17. The van der Waals surface area contributed by atoms with Crippen molar-refractivity contribution < 1.29 is 0 Å². The molecule has 0 aliphatic carbocycles. The molecule has 1 aliphatic heterocycles. The topological polar surface area (TPSA) is 53.6 Å². The lowest BCUT2D eigenvalue weighted by atomic mass is 10.1. The molecular formula is C22H30N4. The molecule has 3 N–H and O–H groups in total. The van der Waals surface area contributed by atoms with Crippen LogP contribution in [0.2, 0.25) is 0 Å². The molecule has 138 valence electrons. The van der Waals surface area contributed by atoms with Gasteiger partial charge in [-0.3, -0.25) is 4.90 Å². The second-order valence-corrected chi connectivity index (χ2v) is 7.28. The Labute approximate surface area is 157 Å². The second-order valence-electron chi connectivity index (χ2n) is 7.28. The summed E-state index contributed by atoms with van der Waals surface area (Å²) < 4.78 is 0. The highest BCUT2D eigenvalue weighted by Gasteiger charge is 2.10. The number of rotatable bonds is 5. The van der Waals surface area contributed by atoms with Gasteiger partial charge in [0.1, 0.15) is 0 Å². The van der Waals surface area contributed by atoms with E-state index in [1.54, 1.807) is 0 Å². The Morgan fingerprint density at radius 1 is 0.962 bits per heavy atom. The van der Waals surface area contributed by atoms with Crippen LogP contribution < -0.4 is 11.1 Å². The molecule has 0 spiro atoms. The Kier molecular flexibility index (Phi) is 6.29. The monoisotopic (exact) mass is 350 g/mol. The predicted molar refractivity (Wildman–Crippen MR) is 110 cm³/mol. The average molecular weight is 351 g/mol. The number of hydrogen-bond donors (Lipinski definition) is 2. The molecule has 0 unspecified atom stereocenters. The first kappa shape index (κ1) is 18.5. The first-order valence-electron chi connectivity index (χ1n) is 9.54. The van der Waals surface area contributed by atoms with E-state index in [1.165, 1.54) is 54.6 Å². The van der Waals surface area contributed by atoms with Crippen molar-refractivity contribution in [3.05, 3.63) is 64.7 Å². The molecule has 0 saturated carbocycles. The normalized spacial score (nSPS) is 15.8. The first-order chi connectivity index (χ1) is 12.6. The van der Waals surface area contributed by atoms with E-state index in [4.69, 9.17) is 5.73 Å². The zero-order valence-corrected chi connectivity index (χ0v) is 16.0. The molecule has 0 radical (unpaired) electrons. The molecule has 1 fully saturated rings. The van der Waals surface area contributed by atoms with E-state index in [0.29, 0.717) is 12.5 Å². The Hall–Kier alpha value is -2.33. The summed E-state index contributed by atoms with van der Waals surface area (Å²) in [6.07, 6.45) is 4.05. The minimum absolute atomic E-state index is 0.450. The van der Waals surface area contributed by atoms with E-state index in [1.807, 2.05) is 6.07 Å². The Balaban J connectivity index is 1.52. The van der Waals surface area contributed by atoms with Crippen LogP contribution in [-0.4, -0.2) is 23.9 Å². The number of piperidine rings is 1. The highest BCUT2D eigenvalue weighted by molar-refractivity contribution is 5.92. The summed E-state index contributed by atoms with van der Waals surface area (Å²) in [5.41, 5.74) is 12.1. The zero-order valence-electron chi connectivity index (χ0n) is 16.0. The van der Waals surface area contributed by atoms with Gasteiger partial charge in [0.2, 0.25) is 0 Å². The molecule has 4 heteroatoms. The van der Waals surface area contributed by atoms with Crippen LogP contribution in [0.1, 0.15) is 41.5 Å². The zero-order chi connectivity index (χ0) is 18.4. The van der Waals surface area contributed by atoms with Crippen LogP contribution in [-0.2, 0) is 13.1 Å². The van der Waals surface area contributed by atoms with Crippen molar-refractivity contribution >= 4 is 11.6 Å². The number of nitrogens with zero attached hydrogens (tertiary/aromatic N) is 2. The van der Waals surface area contributed by atoms with Crippen molar-refractivity contribution in [2.45, 2.75) is 46.2 Å². The number of guanidine groups is 1. The van der Waals surface area contributed by atoms with Gasteiger partial charge in [-0.15, -0.1) is 0 Å². The van der Waals surface area contributed by atoms with Crippen LogP contribution in [0.3, 0.4) is 0 Å². The first-order valence-corrected chi connectivity index (χ1v) is 9.54. The van der Waals surface area contributed by atoms with Gasteiger partial charge in [0.05, 0.1) is 6.54 Å². The Morgan fingerprint density at radius 3 is 2.35 bits per heavy atom. The van der Waals surface area contributed by atoms with Crippen molar-refractivity contribution in [1.82, 2.24) is 4.90 Å². The highest BCUT2D eigenvalue weighted by atomic mass is 15.1. The van der Waals surface area contributed by atoms with Gasteiger partial charge in [-0.25, -0.2) is 4.99 Å². The number of benzene rings is 2. The van der Waals surface area contributed by atoms with E-state index in [-0.39, 0.29) is 0 Å². The highest BCUT2D eigenvalue weighted by Crippen LogP contribution is 2.15. The lowest BCUT2D eigenvalue weighted by Crippen LogP contribution is -2.29. The van der Waals surface area contributed by atoms with Crippen LogP contribution in [0.25, 0.3) is 0 Å². The van der Waals surface area contributed by atoms with Gasteiger partial charge in [0.15, 0.2) is 5.96 Å². The van der Waals surface area contributed by atoms with Crippen molar-refractivity contribution in [2.24, 2.45) is 10.7 Å². The number of hydrogen-bond acceptors (Lipinski definition) is 2. The fourth-order valence-electron chi connectivity index (χ4n) is 3.31. The fourth-order valence-corrected chi connectivity index (χ4v) is 3.31. The summed E-state index contributed by atoms with van der Waals surface area (Å²) in [7, 11) is 0. The molecule has 4 nitrogen and oxygen atoms in total. The minimum atomic E-state index is 0.450. The molecule has 0 amide bonds. The molecule has 1 heterocycles. The number of nitrogens with one attached hydrogen (secondary N) is 1. The van der Waals surface area contributed by atoms with Gasteiger partial charge in [0, 0.05) is 12.2 Å². The largest absolute Gasteiger partial charge is 0.370 e. The van der Waals surface area contributed by atoms with Gasteiger partial charge in [-0.05, 0) is 74.2 Å². The fraction of sp³-hybridized carbons (Fsp3) is 0.409. The lowest BCUT2D eigenvalue weighted by molar-refractivity contribution is 0.221. The van der Waals surface area contributed by atoms with E-state index in [0.717, 1.165) is 12.2 Å². The van der Waals surface area contributed by atoms with Crippen molar-refractivity contribution in [1.29, 1.82) is 0 Å². The van der Waals surface area contributed by atoms with Crippen LogP contribution in [0, 0.1) is 13.8 Å². The summed E-state index contributed by atoms with van der Waals surface area (Å²) in [5.74, 6) is 0.450. The number of aryl methyl sites for hydroxylation is 2. The maximum atomic E-state index is 6.03. The minimum Gasteiger partial charge on any atom is -0.370 e. The van der Waals surface area contributed by atoms with E-state index >= 15 is 0 Å². The van der Waals surface area contributed by atoms with Gasteiger partial charge in [-0.1, -0.05) is 36.8 Å². The van der Waals surface area contributed by atoms with E-state index in [9.17, 15) is 0 Å². The predicted octanol–water partition coefficient (Wildman–Crippen LogP) is 4.22. The maximum absolute atomic E-state index is 6.03. The summed E-state index contributed by atoms with van der Waals surface area (Å²) >= 11 is 0. The number of aliphatic imine (C=N–C) groups is 1. The van der Waals surface area contributed by atoms with Gasteiger partial charge >= 0.3 is 0 Å². The smallest absolute Gasteiger partial charge is 0.193 e. The standard InChI is InChI=1S/C22H30N4/c1-17-6-11-21(14-18(17)2)25-22(23)24-15-19-7-9-20(10-8-19)16-26-12-4-3-5-13-26/h6-11,14H,3-5,12-13,15-16H2,1-2H3,(H3,23,24,25). The maximum Gasteiger partial charge on any atom is 0.193 e. The molecule has 2 aromatic carbocycles. The van der Waals surface area contributed by atoms with Gasteiger partial charge in [-0.2, -0.15) is 0 Å². The second kappa shape index (κ2) is 8.86. The molecule has 0 atom stereocenters. The Bertz CT molecular complexity index is 743. The number of nitrogens with two attached hydrogens (primary N) is 1. The SMILES string of the molecule is Cc1ccc(NC(N)=NCc2ccc(CN3CCCCC3)cc2)cc1C. The lowest BCUT2D eigenvalue weighted by Gasteiger charge is -2.26. The summed E-state index contributed by atoms with van der Waals surface area (Å²) in [6.45, 7) is 8.30. The van der Waals surface area contributed by atoms with E-state index < -0.39 is 0 Å². The van der Waals surface area contributed by atoms with Gasteiger partial charge in [0.25, 0.3) is 0 Å². The molecule has 1 aliphatic rings. The van der Waals surface area contributed by atoms with Crippen LogP contribution in [0.15, 0.2) is 47.5 Å². The van der Waals surface area contributed by atoms with Crippen LogP contribution in [0.4, 0.5) is 5.69 Å². The molecule has 3 rings (SSSR count). The van der Waals surface area contributed by atoms with Crippen LogP contribution in [0.5, 0.6) is 0 Å². The molecule has 0 aromatic heterocycles. The molecule has 1 saturated heterocycles. The molecule has 2 aromatic rings. The van der Waals surface area contributed by atoms with Gasteiger partial charge < -0.3 is 11.1 Å². The molecule has 26 heavy (non-hydrogen) atoms. The third kappa shape index (κ3) is 5.33. The summed E-state index contributed by atoms with van der Waals surface area (Å²) in [6, 6.07) is 15.0. The van der Waals surface area contributed by atoms with Crippen LogP contribution >= 0.6 is 0 Å². The molecular weight excluding hydrogens is 320 g/mol. The Morgan fingerprint density at radius 2 is 1.65 bits per heavy atom. The number of anilines is 1. The quantitative estimate of drug-likeness (QED) is 0.627. The number of likely N-dealkylation sites (tertiary alicyclic amines) is 1. The van der Waals surface area contributed by atoms with Crippen molar-refractivity contribution in [2.75, 3.05) is 18.4 Å².